The number of rotatable bonds is 6. The molecule has 0 fully saturated rings. The molecule has 0 spiro atoms. The van der Waals surface area contributed by atoms with E-state index in [0.29, 0.717) is 34.1 Å². The molecule has 0 radical (unpaired) electrons. The molecule has 0 unspecified atom stereocenters. The van der Waals surface area contributed by atoms with Gasteiger partial charge in [0.15, 0.2) is 10.9 Å². The van der Waals surface area contributed by atoms with Crippen molar-refractivity contribution in [1.82, 2.24) is 19.6 Å². The molecule has 0 aliphatic carbocycles. The highest BCUT2D eigenvalue weighted by atomic mass is 35.5. The summed E-state index contributed by atoms with van der Waals surface area (Å²) in [7, 11) is 0. The Bertz CT molecular complexity index is 1080. The topological polar surface area (TPSA) is 59.7 Å². The van der Waals surface area contributed by atoms with Crippen molar-refractivity contribution in [3.63, 3.8) is 0 Å². The number of halogens is 2. The average Bonchev–Trinajstić information content (AvgIpc) is 3.35. The van der Waals surface area contributed by atoms with E-state index < -0.39 is 0 Å². The normalized spacial score (nSPS) is 10.7. The van der Waals surface area contributed by atoms with Crippen molar-refractivity contribution in [2.45, 2.75) is 13.1 Å². The van der Waals surface area contributed by atoms with E-state index in [0.717, 1.165) is 16.8 Å². The molecular weight excluding hydrogens is 439 g/mol. The number of hydrogen-bond donors (Lipinski definition) is 2. The highest BCUT2D eigenvalue weighted by molar-refractivity contribution is 7.80. The number of thiocarbonyl (C=S) groups is 1. The molecule has 9 heteroatoms. The first kappa shape index (κ1) is 20.4. The van der Waals surface area contributed by atoms with Crippen molar-refractivity contribution in [1.29, 1.82) is 0 Å². The second-order valence-corrected chi connectivity index (χ2v) is 7.81. The number of hydrogen-bond acceptors (Lipinski definition) is 3. The standard InChI is InChI=1S/C21H18Cl2N6S/c22-18-7-3-1-5-15(18)12-28-10-9-20(27-28)26-21(30)25-17-11-24-29(14-17)13-16-6-2-4-8-19(16)23/h1-11,14H,12-13H2,(H2,25,26,27,30). The number of nitrogens with one attached hydrogen (secondary N) is 2. The average molecular weight is 457 g/mol. The lowest BCUT2D eigenvalue weighted by molar-refractivity contribution is 0.687. The van der Waals surface area contributed by atoms with Gasteiger partial charge in [0.1, 0.15) is 0 Å². The molecule has 0 amide bonds. The van der Waals surface area contributed by atoms with Crippen LogP contribution < -0.4 is 10.6 Å². The van der Waals surface area contributed by atoms with Crippen LogP contribution in [0.4, 0.5) is 11.5 Å². The van der Waals surface area contributed by atoms with Crippen LogP contribution in [-0.2, 0) is 13.1 Å². The van der Waals surface area contributed by atoms with Crippen molar-refractivity contribution < 1.29 is 0 Å². The van der Waals surface area contributed by atoms with Crippen LogP contribution in [0.1, 0.15) is 11.1 Å². The molecule has 6 nitrogen and oxygen atoms in total. The third kappa shape index (κ3) is 5.18. The quantitative estimate of drug-likeness (QED) is 0.385. The van der Waals surface area contributed by atoms with Gasteiger partial charge in [-0.1, -0.05) is 59.6 Å². The van der Waals surface area contributed by atoms with Gasteiger partial charge in [-0.3, -0.25) is 9.36 Å². The summed E-state index contributed by atoms with van der Waals surface area (Å²) in [4.78, 5) is 0. The van der Waals surface area contributed by atoms with Gasteiger partial charge < -0.3 is 10.6 Å². The highest BCUT2D eigenvalue weighted by Crippen LogP contribution is 2.18. The first-order valence-corrected chi connectivity index (χ1v) is 10.3. The van der Waals surface area contributed by atoms with Crippen LogP contribution in [-0.4, -0.2) is 24.7 Å². The Hall–Kier alpha value is -2.87. The van der Waals surface area contributed by atoms with Gasteiger partial charge in [0.05, 0.1) is 25.0 Å². The molecule has 30 heavy (non-hydrogen) atoms. The fourth-order valence-electron chi connectivity index (χ4n) is 2.91. The lowest BCUT2D eigenvalue weighted by Crippen LogP contribution is -2.19. The summed E-state index contributed by atoms with van der Waals surface area (Å²) in [6.45, 7) is 1.16. The van der Waals surface area contributed by atoms with E-state index in [1.165, 1.54) is 0 Å². The molecule has 0 atom stereocenters. The molecule has 2 N–H and O–H groups in total. The zero-order valence-electron chi connectivity index (χ0n) is 15.8. The highest BCUT2D eigenvalue weighted by Gasteiger charge is 2.07. The third-order valence-corrected chi connectivity index (χ3v) is 5.30. The SMILES string of the molecule is S=C(Nc1cnn(Cc2ccccc2Cl)c1)Nc1ccn(Cc2ccccc2Cl)n1. The Kier molecular flexibility index (Phi) is 6.32. The molecule has 0 bridgehead atoms. The Labute approximate surface area is 189 Å². The van der Waals surface area contributed by atoms with Crippen molar-refractivity contribution in [2.24, 2.45) is 0 Å². The number of nitrogens with zero attached hydrogens (tertiary/aromatic N) is 4. The van der Waals surface area contributed by atoms with Gasteiger partial charge in [-0.2, -0.15) is 10.2 Å². The lowest BCUT2D eigenvalue weighted by Gasteiger charge is -2.07. The summed E-state index contributed by atoms with van der Waals surface area (Å²) in [6.07, 6.45) is 5.45. The van der Waals surface area contributed by atoms with E-state index >= 15 is 0 Å². The van der Waals surface area contributed by atoms with Crippen LogP contribution in [0.3, 0.4) is 0 Å². The Morgan fingerprint density at radius 1 is 0.867 bits per heavy atom. The van der Waals surface area contributed by atoms with E-state index in [2.05, 4.69) is 20.8 Å². The minimum atomic E-state index is 0.426. The number of benzene rings is 2. The van der Waals surface area contributed by atoms with Crippen LogP contribution >= 0.6 is 35.4 Å². The molecule has 4 aromatic rings. The fourth-order valence-corrected chi connectivity index (χ4v) is 3.53. The monoisotopic (exact) mass is 456 g/mol. The molecule has 152 valence electrons. The van der Waals surface area contributed by atoms with Crippen LogP contribution in [0, 0.1) is 0 Å². The molecule has 2 aromatic carbocycles. The molecule has 0 aliphatic rings. The van der Waals surface area contributed by atoms with E-state index in [1.807, 2.05) is 67.0 Å². The van der Waals surface area contributed by atoms with Crippen molar-refractivity contribution in [3.05, 3.63) is 94.4 Å². The van der Waals surface area contributed by atoms with Gasteiger partial charge >= 0.3 is 0 Å². The summed E-state index contributed by atoms with van der Waals surface area (Å²) in [5.74, 6) is 0.642. The fraction of sp³-hybridized carbons (Fsp3) is 0.0952. The van der Waals surface area contributed by atoms with Crippen LogP contribution in [0.25, 0.3) is 0 Å². The van der Waals surface area contributed by atoms with E-state index in [9.17, 15) is 0 Å². The van der Waals surface area contributed by atoms with Gasteiger partial charge in [-0.15, -0.1) is 0 Å². The van der Waals surface area contributed by atoms with Crippen molar-refractivity contribution >= 4 is 52.0 Å². The van der Waals surface area contributed by atoms with Gasteiger partial charge in [0, 0.05) is 28.5 Å². The second-order valence-electron chi connectivity index (χ2n) is 6.59. The summed E-state index contributed by atoms with van der Waals surface area (Å²) >= 11 is 17.8. The van der Waals surface area contributed by atoms with Gasteiger partial charge in [0.2, 0.25) is 0 Å². The first-order valence-electron chi connectivity index (χ1n) is 9.17. The molecule has 0 saturated heterocycles. The van der Waals surface area contributed by atoms with Crippen LogP contribution in [0.15, 0.2) is 73.2 Å². The zero-order valence-corrected chi connectivity index (χ0v) is 18.1. The molecular formula is C21H18Cl2N6S. The smallest absolute Gasteiger partial charge is 0.176 e. The third-order valence-electron chi connectivity index (χ3n) is 4.35. The second kappa shape index (κ2) is 9.30. The number of anilines is 2. The predicted octanol–water partition coefficient (Wildman–Crippen LogP) is 5.29. The Morgan fingerprint density at radius 3 is 2.17 bits per heavy atom. The Balaban J connectivity index is 1.33. The molecule has 0 saturated carbocycles. The van der Waals surface area contributed by atoms with Gasteiger partial charge in [-0.25, -0.2) is 0 Å². The van der Waals surface area contributed by atoms with Crippen molar-refractivity contribution in [2.75, 3.05) is 10.6 Å². The minimum Gasteiger partial charge on any atom is -0.330 e. The number of aromatic nitrogens is 4. The minimum absolute atomic E-state index is 0.426. The molecule has 4 rings (SSSR count). The summed E-state index contributed by atoms with van der Waals surface area (Å²) in [6, 6.07) is 17.2. The van der Waals surface area contributed by atoms with E-state index in [1.54, 1.807) is 15.6 Å². The first-order chi connectivity index (χ1) is 14.6. The maximum Gasteiger partial charge on any atom is 0.176 e. The van der Waals surface area contributed by atoms with E-state index in [-0.39, 0.29) is 0 Å². The van der Waals surface area contributed by atoms with Crippen LogP contribution in [0.5, 0.6) is 0 Å². The summed E-state index contributed by atoms with van der Waals surface area (Å²) in [5.41, 5.74) is 2.77. The van der Waals surface area contributed by atoms with Gasteiger partial charge in [-0.05, 0) is 35.5 Å². The molecule has 0 aliphatic heterocycles. The summed E-state index contributed by atoms with van der Waals surface area (Å²) < 4.78 is 3.60. The molecule has 2 aromatic heterocycles. The maximum atomic E-state index is 6.21. The van der Waals surface area contributed by atoms with Crippen LogP contribution in [0.2, 0.25) is 10.0 Å². The van der Waals surface area contributed by atoms with Gasteiger partial charge in [0.25, 0.3) is 0 Å². The van der Waals surface area contributed by atoms with Crippen molar-refractivity contribution in [3.8, 4) is 0 Å². The Morgan fingerprint density at radius 2 is 1.50 bits per heavy atom. The zero-order chi connectivity index (χ0) is 20.9. The maximum absolute atomic E-state index is 6.21. The largest absolute Gasteiger partial charge is 0.330 e. The molecule has 2 heterocycles. The predicted molar refractivity (Wildman–Crippen MR) is 125 cm³/mol. The van der Waals surface area contributed by atoms with E-state index in [4.69, 9.17) is 35.4 Å². The lowest BCUT2D eigenvalue weighted by atomic mass is 10.2. The summed E-state index contributed by atoms with van der Waals surface area (Å²) in [5, 5.41) is 16.9.